The van der Waals surface area contributed by atoms with Crippen molar-refractivity contribution in [3.05, 3.63) is 50.1 Å². The quantitative estimate of drug-likeness (QED) is 0.888. The zero-order valence-corrected chi connectivity index (χ0v) is 12.1. The van der Waals surface area contributed by atoms with E-state index in [9.17, 15) is 4.79 Å². The first-order valence-electron chi connectivity index (χ1n) is 5.37. The van der Waals surface area contributed by atoms with Crippen LogP contribution in [0.3, 0.4) is 0 Å². The first kappa shape index (κ1) is 13.1. The molecule has 0 aliphatic heterocycles. The minimum Gasteiger partial charge on any atom is -0.478 e. The van der Waals surface area contributed by atoms with E-state index in [1.165, 1.54) is 10.4 Å². The van der Waals surface area contributed by atoms with Crippen LogP contribution in [0.5, 0.6) is 0 Å². The van der Waals surface area contributed by atoms with Gasteiger partial charge in [0.1, 0.15) is 0 Å². The average Bonchev–Trinajstić information content (AvgIpc) is 2.72. The lowest BCUT2D eigenvalue weighted by atomic mass is 10.2. The van der Waals surface area contributed by atoms with Crippen molar-refractivity contribution >= 4 is 38.9 Å². The Morgan fingerprint density at radius 2 is 2.22 bits per heavy atom. The van der Waals surface area contributed by atoms with E-state index in [0.717, 1.165) is 12.2 Å². The summed E-state index contributed by atoms with van der Waals surface area (Å²) in [4.78, 5) is 12.2. The normalized spacial score (nSPS) is 10.3. The monoisotopic (exact) mass is 325 g/mol. The lowest BCUT2D eigenvalue weighted by molar-refractivity contribution is 0.0696. The fourth-order valence-corrected chi connectivity index (χ4v) is 2.96. The molecule has 0 unspecified atom stereocenters. The molecule has 2 rings (SSSR count). The number of hydrogen-bond acceptors (Lipinski definition) is 3. The van der Waals surface area contributed by atoms with Gasteiger partial charge in [0.15, 0.2) is 0 Å². The molecular weight excluding hydrogens is 314 g/mol. The Morgan fingerprint density at radius 1 is 1.44 bits per heavy atom. The molecule has 1 aromatic carbocycles. The molecule has 3 nitrogen and oxygen atoms in total. The molecule has 0 fully saturated rings. The van der Waals surface area contributed by atoms with Crippen LogP contribution < -0.4 is 5.32 Å². The van der Waals surface area contributed by atoms with Crippen LogP contribution in [0.25, 0.3) is 0 Å². The number of aryl methyl sites for hydroxylation is 1. The van der Waals surface area contributed by atoms with Crippen molar-refractivity contribution in [1.29, 1.82) is 0 Å². The van der Waals surface area contributed by atoms with Crippen molar-refractivity contribution in [3.8, 4) is 0 Å². The van der Waals surface area contributed by atoms with Crippen LogP contribution >= 0.6 is 27.3 Å². The SMILES string of the molecule is Cc1ccsc1CNc1ccc(C(=O)O)c(Br)c1. The molecule has 0 radical (unpaired) electrons. The molecule has 1 aromatic heterocycles. The Hall–Kier alpha value is -1.33. The molecule has 18 heavy (non-hydrogen) atoms. The summed E-state index contributed by atoms with van der Waals surface area (Å²) in [6, 6.07) is 7.24. The molecule has 94 valence electrons. The number of hydrogen-bond donors (Lipinski definition) is 2. The molecule has 0 aliphatic rings. The Labute approximate surface area is 118 Å². The van der Waals surface area contributed by atoms with Gasteiger partial charge in [0.2, 0.25) is 0 Å². The van der Waals surface area contributed by atoms with Crippen molar-refractivity contribution in [2.24, 2.45) is 0 Å². The number of thiophene rings is 1. The zero-order chi connectivity index (χ0) is 13.1. The number of nitrogens with one attached hydrogen (secondary N) is 1. The van der Waals surface area contributed by atoms with Crippen molar-refractivity contribution in [2.45, 2.75) is 13.5 Å². The van der Waals surface area contributed by atoms with Crippen LogP contribution in [0.1, 0.15) is 20.8 Å². The van der Waals surface area contributed by atoms with E-state index < -0.39 is 5.97 Å². The molecule has 0 atom stereocenters. The van der Waals surface area contributed by atoms with E-state index in [1.54, 1.807) is 29.5 Å². The molecule has 5 heteroatoms. The molecule has 0 saturated heterocycles. The Morgan fingerprint density at radius 3 is 2.78 bits per heavy atom. The third kappa shape index (κ3) is 2.91. The van der Waals surface area contributed by atoms with Gasteiger partial charge in [-0.05, 0) is 58.1 Å². The van der Waals surface area contributed by atoms with Crippen molar-refractivity contribution in [3.63, 3.8) is 0 Å². The van der Waals surface area contributed by atoms with Crippen LogP contribution in [0, 0.1) is 6.92 Å². The molecule has 2 aromatic rings. The van der Waals surface area contributed by atoms with Crippen LogP contribution in [0.4, 0.5) is 5.69 Å². The van der Waals surface area contributed by atoms with Gasteiger partial charge in [0.05, 0.1) is 5.56 Å². The summed E-state index contributed by atoms with van der Waals surface area (Å²) < 4.78 is 0.586. The van der Waals surface area contributed by atoms with E-state index in [0.29, 0.717) is 4.47 Å². The highest BCUT2D eigenvalue weighted by molar-refractivity contribution is 9.10. The first-order valence-corrected chi connectivity index (χ1v) is 7.05. The minimum absolute atomic E-state index is 0.271. The number of carbonyl (C=O) groups is 1. The summed E-state index contributed by atoms with van der Waals surface area (Å²) in [7, 11) is 0. The highest BCUT2D eigenvalue weighted by Gasteiger charge is 2.08. The number of halogens is 1. The van der Waals surface area contributed by atoms with Crippen LogP contribution in [0.2, 0.25) is 0 Å². The molecular formula is C13H12BrNO2S. The molecule has 0 bridgehead atoms. The second kappa shape index (κ2) is 5.54. The Kier molecular flexibility index (Phi) is 4.04. The van der Waals surface area contributed by atoms with Crippen LogP contribution in [-0.4, -0.2) is 11.1 Å². The summed E-state index contributed by atoms with van der Waals surface area (Å²) >= 11 is 4.98. The Bertz CT molecular complexity index is 580. The van der Waals surface area contributed by atoms with Crippen LogP contribution in [-0.2, 0) is 6.54 Å². The second-order valence-corrected chi connectivity index (χ2v) is 5.74. The number of carboxylic acid groups (broad SMARTS) is 1. The van der Waals surface area contributed by atoms with Gasteiger partial charge in [-0.1, -0.05) is 0 Å². The van der Waals surface area contributed by atoms with Gasteiger partial charge in [-0.3, -0.25) is 0 Å². The van der Waals surface area contributed by atoms with E-state index in [1.807, 2.05) is 0 Å². The third-order valence-corrected chi connectivity index (χ3v) is 4.30. The third-order valence-electron chi connectivity index (χ3n) is 2.62. The molecule has 0 amide bonds. The second-order valence-electron chi connectivity index (χ2n) is 3.88. The number of rotatable bonds is 4. The summed E-state index contributed by atoms with van der Waals surface area (Å²) in [5.41, 5.74) is 2.45. The topological polar surface area (TPSA) is 49.3 Å². The number of aromatic carboxylic acids is 1. The van der Waals surface area contributed by atoms with Gasteiger partial charge < -0.3 is 10.4 Å². The van der Waals surface area contributed by atoms with Crippen molar-refractivity contribution in [2.75, 3.05) is 5.32 Å². The maximum Gasteiger partial charge on any atom is 0.336 e. The highest BCUT2D eigenvalue weighted by atomic mass is 79.9. The summed E-state index contributed by atoms with van der Waals surface area (Å²) in [5, 5.41) is 14.3. The zero-order valence-electron chi connectivity index (χ0n) is 9.74. The van der Waals surface area contributed by atoms with E-state index in [-0.39, 0.29) is 5.56 Å². The fraction of sp³-hybridized carbons (Fsp3) is 0.154. The molecule has 0 aliphatic carbocycles. The fourth-order valence-electron chi connectivity index (χ4n) is 1.57. The lowest BCUT2D eigenvalue weighted by Crippen LogP contribution is -2.01. The number of carboxylic acids is 1. The van der Waals surface area contributed by atoms with Gasteiger partial charge in [0, 0.05) is 21.6 Å². The van der Waals surface area contributed by atoms with E-state index in [2.05, 4.69) is 39.6 Å². The minimum atomic E-state index is -0.928. The highest BCUT2D eigenvalue weighted by Crippen LogP contribution is 2.23. The van der Waals surface area contributed by atoms with Gasteiger partial charge in [-0.25, -0.2) is 4.79 Å². The van der Waals surface area contributed by atoms with Gasteiger partial charge in [-0.15, -0.1) is 11.3 Å². The molecule has 0 spiro atoms. The van der Waals surface area contributed by atoms with Gasteiger partial charge >= 0.3 is 5.97 Å². The molecule has 2 N–H and O–H groups in total. The number of benzene rings is 1. The van der Waals surface area contributed by atoms with E-state index in [4.69, 9.17) is 5.11 Å². The van der Waals surface area contributed by atoms with Gasteiger partial charge in [-0.2, -0.15) is 0 Å². The summed E-state index contributed by atoms with van der Waals surface area (Å²) in [6.45, 7) is 2.83. The Balaban J connectivity index is 2.09. The predicted molar refractivity (Wildman–Crippen MR) is 77.5 cm³/mol. The van der Waals surface area contributed by atoms with Crippen LogP contribution in [0.15, 0.2) is 34.1 Å². The predicted octanol–water partition coefficient (Wildman–Crippen LogP) is 4.13. The summed E-state index contributed by atoms with van der Waals surface area (Å²) in [6.07, 6.45) is 0. The van der Waals surface area contributed by atoms with E-state index >= 15 is 0 Å². The lowest BCUT2D eigenvalue weighted by Gasteiger charge is -2.07. The largest absolute Gasteiger partial charge is 0.478 e. The maximum absolute atomic E-state index is 10.9. The maximum atomic E-state index is 10.9. The molecule has 0 saturated carbocycles. The van der Waals surface area contributed by atoms with Gasteiger partial charge in [0.25, 0.3) is 0 Å². The average molecular weight is 326 g/mol. The molecule has 1 heterocycles. The van der Waals surface area contributed by atoms with Crippen molar-refractivity contribution in [1.82, 2.24) is 0 Å². The standard InChI is InChI=1S/C13H12BrNO2S/c1-8-4-5-18-12(8)7-15-9-2-3-10(13(16)17)11(14)6-9/h2-6,15H,7H2,1H3,(H,16,17). The number of anilines is 1. The van der Waals surface area contributed by atoms with Crippen molar-refractivity contribution < 1.29 is 9.90 Å². The smallest absolute Gasteiger partial charge is 0.336 e. The summed E-state index contributed by atoms with van der Waals surface area (Å²) in [5.74, 6) is -0.928. The first-order chi connectivity index (χ1) is 8.58.